The van der Waals surface area contributed by atoms with Crippen molar-refractivity contribution in [1.82, 2.24) is 5.32 Å². The molecule has 1 saturated carbocycles. The number of carbonyl (C=O) groups is 1. The van der Waals surface area contributed by atoms with Crippen molar-refractivity contribution in [2.45, 2.75) is 57.4 Å². The zero-order valence-corrected chi connectivity index (χ0v) is 9.67. The van der Waals surface area contributed by atoms with Crippen LogP contribution in [0, 0.1) is 5.92 Å². The molecule has 88 valence electrons. The van der Waals surface area contributed by atoms with Crippen LogP contribution in [0.15, 0.2) is 0 Å². The maximum atomic E-state index is 10.4. The van der Waals surface area contributed by atoms with E-state index < -0.39 is 5.97 Å². The number of nitrogens with one attached hydrogen (secondary N) is 1. The zero-order chi connectivity index (χ0) is 11.1. The van der Waals surface area contributed by atoms with Gasteiger partial charge in [0.2, 0.25) is 0 Å². The summed E-state index contributed by atoms with van der Waals surface area (Å²) in [5, 5.41) is 11.9. The molecule has 0 aromatic rings. The quantitative estimate of drug-likeness (QED) is 0.712. The van der Waals surface area contributed by atoms with Crippen LogP contribution < -0.4 is 5.32 Å². The first-order valence-electron chi connectivity index (χ1n) is 6.13. The molecule has 3 nitrogen and oxygen atoms in total. The second kappa shape index (κ2) is 6.83. The molecule has 0 saturated heterocycles. The topological polar surface area (TPSA) is 49.3 Å². The van der Waals surface area contributed by atoms with Crippen LogP contribution in [0.4, 0.5) is 0 Å². The summed E-state index contributed by atoms with van der Waals surface area (Å²) in [7, 11) is 2.00. The van der Waals surface area contributed by atoms with Gasteiger partial charge in [0.1, 0.15) is 0 Å². The van der Waals surface area contributed by atoms with Crippen LogP contribution in [-0.2, 0) is 4.79 Å². The molecule has 1 aliphatic rings. The van der Waals surface area contributed by atoms with E-state index in [0.717, 1.165) is 18.8 Å². The first-order valence-corrected chi connectivity index (χ1v) is 6.13. The summed E-state index contributed by atoms with van der Waals surface area (Å²) in [6.45, 7) is 0. The Balaban J connectivity index is 2.24. The van der Waals surface area contributed by atoms with E-state index in [4.69, 9.17) is 5.11 Å². The lowest BCUT2D eigenvalue weighted by Crippen LogP contribution is -2.34. The van der Waals surface area contributed by atoms with Crippen LogP contribution >= 0.6 is 0 Å². The van der Waals surface area contributed by atoms with Crippen molar-refractivity contribution < 1.29 is 9.90 Å². The molecule has 1 rings (SSSR count). The van der Waals surface area contributed by atoms with Crippen molar-refractivity contribution in [3.05, 3.63) is 0 Å². The Kier molecular flexibility index (Phi) is 5.69. The smallest absolute Gasteiger partial charge is 0.303 e. The highest BCUT2D eigenvalue weighted by Gasteiger charge is 2.21. The van der Waals surface area contributed by atoms with Gasteiger partial charge >= 0.3 is 5.97 Å². The summed E-state index contributed by atoms with van der Waals surface area (Å²) in [6.07, 6.45) is 8.83. The second-order valence-corrected chi connectivity index (χ2v) is 4.58. The van der Waals surface area contributed by atoms with Gasteiger partial charge in [0.25, 0.3) is 0 Å². The number of carboxylic acids is 1. The van der Waals surface area contributed by atoms with Crippen LogP contribution in [0.2, 0.25) is 0 Å². The van der Waals surface area contributed by atoms with E-state index in [1.54, 1.807) is 0 Å². The van der Waals surface area contributed by atoms with Crippen LogP contribution in [0.1, 0.15) is 51.4 Å². The Morgan fingerprint density at radius 2 is 2.07 bits per heavy atom. The first-order chi connectivity index (χ1) is 7.24. The Morgan fingerprint density at radius 3 is 2.60 bits per heavy atom. The molecule has 0 aliphatic heterocycles. The first kappa shape index (κ1) is 12.5. The summed E-state index contributed by atoms with van der Waals surface area (Å²) >= 11 is 0. The predicted octanol–water partition coefficient (Wildman–Crippen LogP) is 2.41. The van der Waals surface area contributed by atoms with Crippen molar-refractivity contribution in [3.8, 4) is 0 Å². The number of rotatable bonds is 6. The molecule has 3 heteroatoms. The van der Waals surface area contributed by atoms with E-state index in [-0.39, 0.29) is 0 Å². The molecule has 0 spiro atoms. The fraction of sp³-hybridized carbons (Fsp3) is 0.917. The van der Waals surface area contributed by atoms with Gasteiger partial charge in [-0.2, -0.15) is 0 Å². The molecular weight excluding hydrogens is 190 g/mol. The molecule has 0 heterocycles. The zero-order valence-electron chi connectivity index (χ0n) is 9.67. The predicted molar refractivity (Wildman–Crippen MR) is 60.9 cm³/mol. The fourth-order valence-corrected chi connectivity index (χ4v) is 2.63. The van der Waals surface area contributed by atoms with Crippen molar-refractivity contribution in [2.24, 2.45) is 5.92 Å². The molecular formula is C12H23NO2. The number of hydrogen-bond donors (Lipinski definition) is 2. The summed E-state index contributed by atoms with van der Waals surface area (Å²) in [5.74, 6) is 0.103. The van der Waals surface area contributed by atoms with E-state index in [0.29, 0.717) is 12.5 Å². The van der Waals surface area contributed by atoms with E-state index in [9.17, 15) is 4.79 Å². The highest BCUT2D eigenvalue weighted by atomic mass is 16.4. The average Bonchev–Trinajstić information content (AvgIpc) is 2.25. The summed E-state index contributed by atoms with van der Waals surface area (Å²) < 4.78 is 0. The molecule has 0 amide bonds. The maximum absolute atomic E-state index is 10.4. The van der Waals surface area contributed by atoms with Crippen molar-refractivity contribution in [3.63, 3.8) is 0 Å². The lowest BCUT2D eigenvalue weighted by Gasteiger charge is -2.30. The van der Waals surface area contributed by atoms with Gasteiger partial charge in [-0.1, -0.05) is 19.3 Å². The van der Waals surface area contributed by atoms with E-state index in [1.807, 2.05) is 7.05 Å². The minimum Gasteiger partial charge on any atom is -0.481 e. The van der Waals surface area contributed by atoms with Gasteiger partial charge in [-0.3, -0.25) is 4.79 Å². The van der Waals surface area contributed by atoms with Gasteiger partial charge in [0, 0.05) is 12.5 Å². The summed E-state index contributed by atoms with van der Waals surface area (Å²) in [4.78, 5) is 10.4. The molecule has 1 aliphatic carbocycles. The molecule has 0 bridgehead atoms. The number of carboxylic acid groups (broad SMARTS) is 1. The Bertz CT molecular complexity index is 188. The third-order valence-corrected chi connectivity index (χ3v) is 3.50. The lowest BCUT2D eigenvalue weighted by atomic mass is 9.82. The third-order valence-electron chi connectivity index (χ3n) is 3.50. The van der Waals surface area contributed by atoms with E-state index in [2.05, 4.69) is 5.32 Å². The van der Waals surface area contributed by atoms with Crippen LogP contribution in [0.25, 0.3) is 0 Å². The van der Waals surface area contributed by atoms with Crippen LogP contribution in [0.5, 0.6) is 0 Å². The van der Waals surface area contributed by atoms with Crippen molar-refractivity contribution in [2.75, 3.05) is 7.05 Å². The number of aliphatic carboxylic acids is 1. The van der Waals surface area contributed by atoms with Crippen LogP contribution in [-0.4, -0.2) is 24.2 Å². The molecule has 15 heavy (non-hydrogen) atoms. The van der Waals surface area contributed by atoms with E-state index >= 15 is 0 Å². The SMILES string of the molecule is CNC(CCCC(=O)O)C1CCCCC1. The minimum atomic E-state index is -0.673. The van der Waals surface area contributed by atoms with Gasteiger partial charge in [-0.15, -0.1) is 0 Å². The Hall–Kier alpha value is -0.570. The van der Waals surface area contributed by atoms with Crippen LogP contribution in [0.3, 0.4) is 0 Å². The molecule has 1 fully saturated rings. The van der Waals surface area contributed by atoms with Crippen molar-refractivity contribution >= 4 is 5.97 Å². The van der Waals surface area contributed by atoms with Gasteiger partial charge in [-0.25, -0.2) is 0 Å². The standard InChI is InChI=1S/C12H23NO2/c1-13-11(8-5-9-12(14)15)10-6-3-2-4-7-10/h10-11,13H,2-9H2,1H3,(H,14,15). The number of hydrogen-bond acceptors (Lipinski definition) is 2. The third kappa shape index (κ3) is 4.65. The maximum Gasteiger partial charge on any atom is 0.303 e. The van der Waals surface area contributed by atoms with Gasteiger partial charge in [0.05, 0.1) is 0 Å². The molecule has 0 radical (unpaired) electrons. The molecule has 2 N–H and O–H groups in total. The van der Waals surface area contributed by atoms with Crippen molar-refractivity contribution in [1.29, 1.82) is 0 Å². The van der Waals surface area contributed by atoms with E-state index in [1.165, 1.54) is 32.1 Å². The second-order valence-electron chi connectivity index (χ2n) is 4.58. The molecule has 0 aromatic heterocycles. The highest BCUT2D eigenvalue weighted by Crippen LogP contribution is 2.28. The Morgan fingerprint density at radius 1 is 1.40 bits per heavy atom. The largest absolute Gasteiger partial charge is 0.481 e. The lowest BCUT2D eigenvalue weighted by molar-refractivity contribution is -0.137. The summed E-state index contributed by atoms with van der Waals surface area (Å²) in [5.41, 5.74) is 0. The average molecular weight is 213 g/mol. The normalized spacial score (nSPS) is 20.1. The minimum absolute atomic E-state index is 0.310. The van der Waals surface area contributed by atoms with Gasteiger partial charge in [-0.05, 0) is 38.6 Å². The Labute approximate surface area is 92.3 Å². The fourth-order valence-electron chi connectivity index (χ4n) is 2.63. The molecule has 1 unspecified atom stereocenters. The van der Waals surface area contributed by atoms with Gasteiger partial charge in [0.15, 0.2) is 0 Å². The summed E-state index contributed by atoms with van der Waals surface area (Å²) in [6, 6.07) is 0.532. The highest BCUT2D eigenvalue weighted by molar-refractivity contribution is 5.66. The molecule has 1 atom stereocenters. The van der Waals surface area contributed by atoms with Gasteiger partial charge < -0.3 is 10.4 Å². The monoisotopic (exact) mass is 213 g/mol. The molecule has 0 aromatic carbocycles.